The van der Waals surface area contributed by atoms with Crippen LogP contribution in [0.3, 0.4) is 0 Å². The van der Waals surface area contributed by atoms with Gasteiger partial charge < -0.3 is 14.5 Å². The average molecular weight is 600 g/mol. The van der Waals surface area contributed by atoms with Gasteiger partial charge in [0.15, 0.2) is 5.69 Å². The standard InChI is InChI=1S/C32H40F3N5O3/c1-23(2)37-15-6-16-40(30(42)21-25-9-11-27(43-4)12-10-25)31-24(3)7-5-8-26(31)22-38(20-19-37)29(41)14-18-39-17-13-28(36-39)32(33,34)35/h5,7-13,17,23H,6,14-16,18-22H2,1-4H3. The van der Waals surface area contributed by atoms with Gasteiger partial charge in [-0.05, 0) is 62.1 Å². The SMILES string of the molecule is COc1ccc(CC(=O)N2CCCN(C(C)C)CCN(C(=O)CCn3ccc(C(F)(F)F)n3)Cc3cccc(C)c32)cc1. The van der Waals surface area contributed by atoms with E-state index in [4.69, 9.17) is 4.74 Å². The average Bonchev–Trinajstić information content (AvgIpc) is 3.44. The fourth-order valence-corrected chi connectivity index (χ4v) is 5.42. The maximum Gasteiger partial charge on any atom is 0.435 e. The summed E-state index contributed by atoms with van der Waals surface area (Å²) in [7, 11) is 1.60. The van der Waals surface area contributed by atoms with Crippen molar-refractivity contribution < 1.29 is 27.5 Å². The highest BCUT2D eigenvalue weighted by molar-refractivity contribution is 5.96. The lowest BCUT2D eigenvalue weighted by Crippen LogP contribution is -2.41. The van der Waals surface area contributed by atoms with Gasteiger partial charge in [-0.2, -0.15) is 18.3 Å². The molecule has 0 fully saturated rings. The zero-order valence-electron chi connectivity index (χ0n) is 25.2. The molecule has 2 aromatic carbocycles. The van der Waals surface area contributed by atoms with Gasteiger partial charge in [0.25, 0.3) is 0 Å². The fourth-order valence-electron chi connectivity index (χ4n) is 5.42. The van der Waals surface area contributed by atoms with Gasteiger partial charge in [-0.3, -0.25) is 19.2 Å². The van der Waals surface area contributed by atoms with Crippen LogP contribution in [-0.2, 0) is 35.3 Å². The molecule has 1 aliphatic heterocycles. The summed E-state index contributed by atoms with van der Waals surface area (Å²) >= 11 is 0. The van der Waals surface area contributed by atoms with Crippen LogP contribution in [0.15, 0.2) is 54.7 Å². The third-order valence-electron chi connectivity index (χ3n) is 7.82. The second-order valence-corrected chi connectivity index (χ2v) is 11.2. The zero-order valence-corrected chi connectivity index (χ0v) is 25.2. The van der Waals surface area contributed by atoms with E-state index in [1.165, 1.54) is 6.20 Å². The van der Waals surface area contributed by atoms with Crippen LogP contribution in [0.2, 0.25) is 0 Å². The molecular formula is C32H40F3N5O3. The number of hydrogen-bond acceptors (Lipinski definition) is 5. The van der Waals surface area contributed by atoms with Crippen molar-refractivity contribution in [3.8, 4) is 5.75 Å². The molecule has 0 atom stereocenters. The first-order valence-corrected chi connectivity index (χ1v) is 14.6. The minimum atomic E-state index is -4.54. The Kier molecular flexibility index (Phi) is 10.5. The summed E-state index contributed by atoms with van der Waals surface area (Å²) in [4.78, 5) is 33.3. The Balaban J connectivity index is 1.60. The van der Waals surface area contributed by atoms with Crippen molar-refractivity contribution in [3.63, 3.8) is 0 Å². The lowest BCUT2D eigenvalue weighted by Gasteiger charge is -2.30. The van der Waals surface area contributed by atoms with Gasteiger partial charge in [0.2, 0.25) is 11.8 Å². The Labute approximate surface area is 251 Å². The van der Waals surface area contributed by atoms with Crippen molar-refractivity contribution in [2.45, 2.75) is 65.3 Å². The number of aryl methyl sites for hydroxylation is 2. The normalized spacial score (nSPS) is 15.3. The molecule has 0 saturated carbocycles. The third-order valence-corrected chi connectivity index (χ3v) is 7.82. The van der Waals surface area contributed by atoms with Gasteiger partial charge in [0.05, 0.1) is 19.2 Å². The molecule has 0 bridgehead atoms. The molecule has 0 saturated heterocycles. The van der Waals surface area contributed by atoms with Crippen molar-refractivity contribution in [3.05, 3.63) is 77.1 Å². The number of rotatable bonds is 7. The smallest absolute Gasteiger partial charge is 0.435 e. The first kappa shape index (κ1) is 32.1. The van der Waals surface area contributed by atoms with Crippen molar-refractivity contribution in [1.29, 1.82) is 0 Å². The first-order valence-electron chi connectivity index (χ1n) is 14.6. The summed E-state index contributed by atoms with van der Waals surface area (Å²) in [6.45, 7) is 8.87. The van der Waals surface area contributed by atoms with E-state index in [1.807, 2.05) is 54.3 Å². The highest BCUT2D eigenvalue weighted by Gasteiger charge is 2.33. The van der Waals surface area contributed by atoms with Gasteiger partial charge in [0, 0.05) is 57.9 Å². The highest BCUT2D eigenvalue weighted by Crippen LogP contribution is 2.30. The number of ether oxygens (including phenoxy) is 1. The van der Waals surface area contributed by atoms with Crippen molar-refractivity contribution in [2.75, 3.05) is 38.2 Å². The molecule has 1 aliphatic rings. The summed E-state index contributed by atoms with van der Waals surface area (Å²) < 4.78 is 45.4. The quantitative estimate of drug-likeness (QED) is 0.368. The zero-order chi connectivity index (χ0) is 31.1. The van der Waals surface area contributed by atoms with Crippen molar-refractivity contribution >= 4 is 17.5 Å². The van der Waals surface area contributed by atoms with Crippen LogP contribution in [-0.4, -0.2) is 70.7 Å². The lowest BCUT2D eigenvalue weighted by molar-refractivity contribution is -0.141. The number of para-hydroxylation sites is 1. The van der Waals surface area contributed by atoms with Gasteiger partial charge in [-0.25, -0.2) is 0 Å². The summed E-state index contributed by atoms with van der Waals surface area (Å²) in [5.41, 5.74) is 2.49. The van der Waals surface area contributed by atoms with Gasteiger partial charge in [-0.1, -0.05) is 30.3 Å². The maximum atomic E-state index is 13.9. The highest BCUT2D eigenvalue weighted by atomic mass is 19.4. The second kappa shape index (κ2) is 14.1. The molecule has 4 rings (SSSR count). The van der Waals surface area contributed by atoms with E-state index >= 15 is 0 Å². The number of fused-ring (bicyclic) bond motifs is 1. The lowest BCUT2D eigenvalue weighted by atomic mass is 10.0. The van der Waals surface area contributed by atoms with Crippen LogP contribution in [0.25, 0.3) is 0 Å². The van der Waals surface area contributed by atoms with E-state index in [-0.39, 0.29) is 43.8 Å². The number of carbonyl (C=O) groups excluding carboxylic acids is 2. The van der Waals surface area contributed by atoms with Crippen LogP contribution >= 0.6 is 0 Å². The number of nitrogens with zero attached hydrogens (tertiary/aromatic N) is 5. The third kappa shape index (κ3) is 8.37. The number of hydrogen-bond donors (Lipinski definition) is 0. The fraction of sp³-hybridized carbons (Fsp3) is 0.469. The molecule has 1 aromatic heterocycles. The molecule has 43 heavy (non-hydrogen) atoms. The maximum absolute atomic E-state index is 13.9. The van der Waals surface area contributed by atoms with Gasteiger partial charge in [-0.15, -0.1) is 0 Å². The summed E-state index contributed by atoms with van der Waals surface area (Å²) in [6.07, 6.45) is -2.31. The van der Waals surface area contributed by atoms with Crippen LogP contribution < -0.4 is 9.64 Å². The Bertz CT molecular complexity index is 1390. The molecule has 0 radical (unpaired) electrons. The number of halogens is 3. The molecule has 2 amide bonds. The Morgan fingerprint density at radius 2 is 1.72 bits per heavy atom. The van der Waals surface area contributed by atoms with Crippen LogP contribution in [0.5, 0.6) is 5.75 Å². The van der Waals surface area contributed by atoms with E-state index in [1.54, 1.807) is 12.0 Å². The molecule has 11 heteroatoms. The Morgan fingerprint density at radius 1 is 0.977 bits per heavy atom. The summed E-state index contributed by atoms with van der Waals surface area (Å²) in [5, 5.41) is 3.59. The largest absolute Gasteiger partial charge is 0.497 e. The summed E-state index contributed by atoms with van der Waals surface area (Å²) in [6, 6.07) is 14.4. The number of methoxy groups -OCH3 is 1. The minimum Gasteiger partial charge on any atom is -0.497 e. The number of anilines is 1. The van der Waals surface area contributed by atoms with Gasteiger partial charge >= 0.3 is 6.18 Å². The molecule has 0 aliphatic carbocycles. The molecule has 3 aromatic rings. The number of carbonyl (C=O) groups is 2. The second-order valence-electron chi connectivity index (χ2n) is 11.2. The van der Waals surface area contributed by atoms with E-state index < -0.39 is 11.9 Å². The summed E-state index contributed by atoms with van der Waals surface area (Å²) in [5.74, 6) is 0.503. The topological polar surface area (TPSA) is 70.9 Å². The number of alkyl halides is 3. The Morgan fingerprint density at radius 3 is 2.37 bits per heavy atom. The Hall–Kier alpha value is -3.86. The molecule has 0 N–H and O–H groups in total. The molecular weight excluding hydrogens is 559 g/mol. The van der Waals surface area contributed by atoms with E-state index in [0.717, 1.165) is 51.8 Å². The number of amides is 2. The number of benzene rings is 2. The molecule has 8 nitrogen and oxygen atoms in total. The minimum absolute atomic E-state index is 0.00190. The van der Waals surface area contributed by atoms with Crippen molar-refractivity contribution in [2.24, 2.45) is 0 Å². The van der Waals surface area contributed by atoms with Crippen LogP contribution in [0.4, 0.5) is 18.9 Å². The molecule has 2 heterocycles. The predicted octanol–water partition coefficient (Wildman–Crippen LogP) is 5.33. The number of aromatic nitrogens is 2. The van der Waals surface area contributed by atoms with E-state index in [2.05, 4.69) is 23.8 Å². The van der Waals surface area contributed by atoms with Crippen LogP contribution in [0.1, 0.15) is 49.1 Å². The van der Waals surface area contributed by atoms with Gasteiger partial charge in [0.1, 0.15) is 5.75 Å². The first-order chi connectivity index (χ1) is 20.5. The van der Waals surface area contributed by atoms with Crippen molar-refractivity contribution in [1.82, 2.24) is 19.6 Å². The predicted molar refractivity (Wildman–Crippen MR) is 159 cm³/mol. The molecule has 0 unspecified atom stereocenters. The monoisotopic (exact) mass is 599 g/mol. The van der Waals surface area contributed by atoms with E-state index in [9.17, 15) is 22.8 Å². The molecule has 0 spiro atoms. The van der Waals surface area contributed by atoms with Crippen LogP contribution in [0, 0.1) is 6.92 Å². The molecule has 232 valence electrons. The van der Waals surface area contributed by atoms with E-state index in [0.29, 0.717) is 19.6 Å².